The van der Waals surface area contributed by atoms with Gasteiger partial charge in [-0.05, 0) is 18.2 Å². The first-order chi connectivity index (χ1) is 9.47. The van der Waals surface area contributed by atoms with Crippen molar-refractivity contribution in [2.24, 2.45) is 0 Å². The first kappa shape index (κ1) is 14.7. The van der Waals surface area contributed by atoms with E-state index in [1.165, 1.54) is 17.0 Å². The minimum absolute atomic E-state index is 0.0488. The topological polar surface area (TPSA) is 66.8 Å². The summed E-state index contributed by atoms with van der Waals surface area (Å²) in [5.74, 6) is -2.01. The summed E-state index contributed by atoms with van der Waals surface area (Å²) in [4.78, 5) is 24.3. The van der Waals surface area contributed by atoms with Gasteiger partial charge in [0.2, 0.25) is 0 Å². The van der Waals surface area contributed by atoms with Gasteiger partial charge in [0.1, 0.15) is 5.82 Å². The summed E-state index contributed by atoms with van der Waals surface area (Å²) in [6.07, 6.45) is -0.707. The van der Waals surface area contributed by atoms with E-state index in [4.69, 9.17) is 21.4 Å². The second kappa shape index (κ2) is 6.19. The van der Waals surface area contributed by atoms with E-state index in [0.29, 0.717) is 6.54 Å². The summed E-state index contributed by atoms with van der Waals surface area (Å²) in [6, 6.07) is 3.83. The molecule has 0 spiro atoms. The van der Waals surface area contributed by atoms with Crippen molar-refractivity contribution < 1.29 is 23.8 Å². The van der Waals surface area contributed by atoms with Crippen molar-refractivity contribution in [3.8, 4) is 0 Å². The zero-order valence-corrected chi connectivity index (χ0v) is 11.3. The van der Waals surface area contributed by atoms with Crippen LogP contribution < -0.4 is 0 Å². The lowest BCUT2D eigenvalue weighted by Gasteiger charge is -2.32. The van der Waals surface area contributed by atoms with Crippen molar-refractivity contribution in [2.45, 2.75) is 12.5 Å². The van der Waals surface area contributed by atoms with Gasteiger partial charge in [0, 0.05) is 18.7 Å². The third kappa shape index (κ3) is 3.46. The van der Waals surface area contributed by atoms with Crippen LogP contribution in [-0.2, 0) is 9.53 Å². The lowest BCUT2D eigenvalue weighted by Crippen LogP contribution is -2.46. The third-order valence-corrected chi connectivity index (χ3v) is 3.30. The zero-order valence-electron chi connectivity index (χ0n) is 10.5. The molecule has 108 valence electrons. The molecular weight excluding hydrogens is 289 g/mol. The number of morpholine rings is 1. The number of nitrogens with zero attached hydrogens (tertiary/aromatic N) is 1. The summed E-state index contributed by atoms with van der Waals surface area (Å²) in [5, 5.41) is 8.68. The van der Waals surface area contributed by atoms with Gasteiger partial charge in [-0.1, -0.05) is 11.6 Å². The molecule has 20 heavy (non-hydrogen) atoms. The van der Waals surface area contributed by atoms with Crippen LogP contribution in [0, 0.1) is 5.82 Å². The molecule has 5 nitrogen and oxygen atoms in total. The Labute approximate surface area is 119 Å². The highest BCUT2D eigenvalue weighted by Crippen LogP contribution is 2.18. The number of rotatable bonds is 3. The number of carbonyl (C=O) groups excluding carboxylic acids is 1. The van der Waals surface area contributed by atoms with Crippen LogP contribution in [0.5, 0.6) is 0 Å². The van der Waals surface area contributed by atoms with Gasteiger partial charge in [-0.15, -0.1) is 0 Å². The molecule has 0 radical (unpaired) electrons. The number of halogens is 2. The highest BCUT2D eigenvalue weighted by Gasteiger charge is 2.26. The lowest BCUT2D eigenvalue weighted by molar-refractivity contribution is -0.141. The summed E-state index contributed by atoms with van der Waals surface area (Å²) in [5.41, 5.74) is 0.183. The second-order valence-corrected chi connectivity index (χ2v) is 4.88. The van der Waals surface area contributed by atoms with Crippen molar-refractivity contribution in [1.82, 2.24) is 4.90 Å². The predicted molar refractivity (Wildman–Crippen MR) is 69.3 cm³/mol. The number of ether oxygens (including phenoxy) is 1. The largest absolute Gasteiger partial charge is 0.481 e. The van der Waals surface area contributed by atoms with Crippen LogP contribution in [0.3, 0.4) is 0 Å². The second-order valence-electron chi connectivity index (χ2n) is 4.47. The number of amides is 1. The summed E-state index contributed by atoms with van der Waals surface area (Å²) >= 11 is 5.57. The van der Waals surface area contributed by atoms with E-state index in [2.05, 4.69) is 0 Å². The van der Waals surface area contributed by atoms with Crippen molar-refractivity contribution in [3.63, 3.8) is 0 Å². The standard InChI is InChI=1S/C13H13ClFNO4/c14-10-2-1-8(5-11(10)15)13(19)16-3-4-20-9(7-16)6-12(17)18/h1-2,5,9H,3-4,6-7H2,(H,17,18). The lowest BCUT2D eigenvalue weighted by atomic mass is 10.1. The van der Waals surface area contributed by atoms with E-state index in [1.54, 1.807) is 0 Å². The molecule has 1 N–H and O–H groups in total. The van der Waals surface area contributed by atoms with E-state index in [9.17, 15) is 14.0 Å². The van der Waals surface area contributed by atoms with Crippen LogP contribution in [0.1, 0.15) is 16.8 Å². The Hall–Kier alpha value is -1.66. The Kier molecular flexibility index (Phi) is 4.57. The SMILES string of the molecule is O=C(O)CC1CN(C(=O)c2ccc(Cl)c(F)c2)CCO1. The monoisotopic (exact) mass is 301 g/mol. The molecule has 1 aromatic rings. The number of hydrogen-bond donors (Lipinski definition) is 1. The molecule has 1 fully saturated rings. The van der Waals surface area contributed by atoms with Crippen LogP contribution in [0.2, 0.25) is 5.02 Å². The number of hydrogen-bond acceptors (Lipinski definition) is 3. The molecule has 1 saturated heterocycles. The molecule has 0 aliphatic carbocycles. The Morgan fingerprint density at radius 3 is 2.90 bits per heavy atom. The highest BCUT2D eigenvalue weighted by atomic mass is 35.5. The molecule has 2 rings (SSSR count). The maximum atomic E-state index is 13.4. The number of carboxylic acid groups (broad SMARTS) is 1. The summed E-state index contributed by atoms with van der Waals surface area (Å²) < 4.78 is 18.6. The average Bonchev–Trinajstić information content (AvgIpc) is 2.40. The highest BCUT2D eigenvalue weighted by molar-refractivity contribution is 6.30. The van der Waals surface area contributed by atoms with E-state index in [-0.39, 0.29) is 36.1 Å². The van der Waals surface area contributed by atoms with Gasteiger partial charge < -0.3 is 14.7 Å². The average molecular weight is 302 g/mol. The van der Waals surface area contributed by atoms with Crippen molar-refractivity contribution in [1.29, 1.82) is 0 Å². The molecular formula is C13H13ClFNO4. The van der Waals surface area contributed by atoms with Gasteiger partial charge in [0.15, 0.2) is 0 Å². The number of benzene rings is 1. The maximum Gasteiger partial charge on any atom is 0.306 e. The van der Waals surface area contributed by atoms with Crippen LogP contribution >= 0.6 is 11.6 Å². The molecule has 1 atom stereocenters. The van der Waals surface area contributed by atoms with Gasteiger partial charge >= 0.3 is 5.97 Å². The van der Waals surface area contributed by atoms with Gasteiger partial charge in [-0.3, -0.25) is 9.59 Å². The molecule has 0 saturated carbocycles. The first-order valence-electron chi connectivity index (χ1n) is 6.05. The van der Waals surface area contributed by atoms with Crippen LogP contribution in [0.25, 0.3) is 0 Å². The molecule has 7 heteroatoms. The van der Waals surface area contributed by atoms with Crippen LogP contribution in [0.15, 0.2) is 18.2 Å². The fourth-order valence-corrected chi connectivity index (χ4v) is 2.15. The van der Waals surface area contributed by atoms with Crippen molar-refractivity contribution in [3.05, 3.63) is 34.6 Å². The van der Waals surface area contributed by atoms with E-state index >= 15 is 0 Å². The minimum Gasteiger partial charge on any atom is -0.481 e. The number of aliphatic carboxylic acids is 1. The molecule has 0 bridgehead atoms. The van der Waals surface area contributed by atoms with Gasteiger partial charge in [0.05, 0.1) is 24.2 Å². The Bertz CT molecular complexity index is 537. The quantitative estimate of drug-likeness (QED) is 0.924. The molecule has 1 heterocycles. The molecule has 1 unspecified atom stereocenters. The third-order valence-electron chi connectivity index (χ3n) is 2.99. The molecule has 1 amide bonds. The Morgan fingerprint density at radius 1 is 1.50 bits per heavy atom. The first-order valence-corrected chi connectivity index (χ1v) is 6.43. The molecule has 1 aromatic carbocycles. The van der Waals surface area contributed by atoms with E-state index in [1.807, 2.05) is 0 Å². The fourth-order valence-electron chi connectivity index (χ4n) is 2.03. The predicted octanol–water partition coefficient (Wildman–Crippen LogP) is 1.79. The summed E-state index contributed by atoms with van der Waals surface area (Å²) in [6.45, 7) is 0.786. The maximum absolute atomic E-state index is 13.4. The van der Waals surface area contributed by atoms with Crippen LogP contribution in [-0.4, -0.2) is 47.7 Å². The smallest absolute Gasteiger partial charge is 0.306 e. The zero-order chi connectivity index (χ0) is 14.7. The Morgan fingerprint density at radius 2 is 2.25 bits per heavy atom. The van der Waals surface area contributed by atoms with Gasteiger partial charge in [-0.25, -0.2) is 4.39 Å². The van der Waals surface area contributed by atoms with Crippen LogP contribution in [0.4, 0.5) is 4.39 Å². The summed E-state index contributed by atoms with van der Waals surface area (Å²) in [7, 11) is 0. The normalized spacial score (nSPS) is 18.9. The Balaban J connectivity index is 2.08. The van der Waals surface area contributed by atoms with Gasteiger partial charge in [0.25, 0.3) is 5.91 Å². The molecule has 0 aromatic heterocycles. The molecule has 1 aliphatic heterocycles. The van der Waals surface area contributed by atoms with Crippen molar-refractivity contribution >= 4 is 23.5 Å². The minimum atomic E-state index is -0.984. The number of carbonyl (C=O) groups is 2. The molecule has 1 aliphatic rings. The number of carboxylic acids is 1. The van der Waals surface area contributed by atoms with Crippen molar-refractivity contribution in [2.75, 3.05) is 19.7 Å². The van der Waals surface area contributed by atoms with E-state index in [0.717, 1.165) is 6.07 Å². The van der Waals surface area contributed by atoms with Gasteiger partial charge in [-0.2, -0.15) is 0 Å². The fraction of sp³-hybridized carbons (Fsp3) is 0.385. The van der Waals surface area contributed by atoms with E-state index < -0.39 is 17.9 Å².